The largest absolute Gasteiger partial charge is 0.480 e. The van der Waals surface area contributed by atoms with E-state index in [1.165, 1.54) is 0 Å². The van der Waals surface area contributed by atoms with Crippen molar-refractivity contribution in [1.82, 2.24) is 5.32 Å². The number of carbonyl (C=O) groups excluding carboxylic acids is 2. The smallest absolute Gasteiger partial charge is 0.326 e. The molecule has 0 aliphatic heterocycles. The molecule has 1 unspecified atom stereocenters. The van der Waals surface area contributed by atoms with Crippen molar-refractivity contribution in [3.05, 3.63) is 63.6 Å². The third kappa shape index (κ3) is 6.99. The molecule has 1 atom stereocenters. The van der Waals surface area contributed by atoms with E-state index in [0.717, 1.165) is 38.5 Å². The van der Waals surface area contributed by atoms with Gasteiger partial charge in [-0.05, 0) is 55.5 Å². The SMILES string of the molecule is N#CCCCCC1(C(=O)NC(Cc2ccc(NC(=O)c3c(Cl)cccc3Cl)cc2)C(=O)O)CCCC1. The van der Waals surface area contributed by atoms with Gasteiger partial charge >= 0.3 is 5.97 Å². The Bertz CT molecular complexity index is 1120. The second-order valence-electron chi connectivity index (χ2n) is 9.17. The molecule has 36 heavy (non-hydrogen) atoms. The summed E-state index contributed by atoms with van der Waals surface area (Å²) in [6.45, 7) is 0. The Kier molecular flexibility index (Phi) is 9.74. The van der Waals surface area contributed by atoms with E-state index in [1.54, 1.807) is 42.5 Å². The normalized spacial score (nSPS) is 15.0. The molecule has 1 saturated carbocycles. The van der Waals surface area contributed by atoms with E-state index in [9.17, 15) is 19.5 Å². The summed E-state index contributed by atoms with van der Waals surface area (Å²) in [4.78, 5) is 37.7. The number of carboxylic acid groups (broad SMARTS) is 1. The van der Waals surface area contributed by atoms with E-state index in [-0.39, 0.29) is 27.9 Å². The Morgan fingerprint density at radius 3 is 2.25 bits per heavy atom. The number of anilines is 1. The summed E-state index contributed by atoms with van der Waals surface area (Å²) in [5, 5.41) is 24.5. The number of unbranched alkanes of at least 4 members (excludes halogenated alkanes) is 2. The number of hydrogen-bond donors (Lipinski definition) is 3. The van der Waals surface area contributed by atoms with Crippen molar-refractivity contribution in [3.8, 4) is 6.07 Å². The number of halogens is 2. The lowest BCUT2D eigenvalue weighted by Crippen LogP contribution is -2.48. The van der Waals surface area contributed by atoms with Gasteiger partial charge in [0.15, 0.2) is 0 Å². The van der Waals surface area contributed by atoms with Gasteiger partial charge in [-0.2, -0.15) is 5.26 Å². The zero-order valence-electron chi connectivity index (χ0n) is 19.9. The number of nitrogens with one attached hydrogen (secondary N) is 2. The number of hydrogen-bond acceptors (Lipinski definition) is 4. The van der Waals surface area contributed by atoms with E-state index in [4.69, 9.17) is 28.5 Å². The minimum Gasteiger partial charge on any atom is -0.480 e. The minimum absolute atomic E-state index is 0.107. The molecule has 1 aliphatic carbocycles. The molecule has 190 valence electrons. The summed E-state index contributed by atoms with van der Waals surface area (Å²) in [6, 6.07) is 12.6. The molecule has 0 bridgehead atoms. The molecule has 9 heteroatoms. The molecule has 0 spiro atoms. The van der Waals surface area contributed by atoms with Crippen molar-refractivity contribution >= 4 is 46.7 Å². The van der Waals surface area contributed by atoms with Gasteiger partial charge in [-0.3, -0.25) is 9.59 Å². The first-order chi connectivity index (χ1) is 17.3. The van der Waals surface area contributed by atoms with Gasteiger partial charge in [-0.15, -0.1) is 0 Å². The Labute approximate surface area is 220 Å². The molecule has 0 saturated heterocycles. The molecule has 3 N–H and O–H groups in total. The molecule has 7 nitrogen and oxygen atoms in total. The number of carboxylic acids is 1. The van der Waals surface area contributed by atoms with Gasteiger partial charge in [0.25, 0.3) is 5.91 Å². The third-order valence-corrected chi connectivity index (χ3v) is 7.31. The van der Waals surface area contributed by atoms with Gasteiger partial charge in [0, 0.05) is 23.9 Å². The molecule has 2 aromatic carbocycles. The summed E-state index contributed by atoms with van der Waals surface area (Å²) in [6.07, 6.45) is 6.09. The minimum atomic E-state index is -1.10. The average Bonchev–Trinajstić information content (AvgIpc) is 3.32. The summed E-state index contributed by atoms with van der Waals surface area (Å²) in [5.41, 5.74) is 0.813. The van der Waals surface area contributed by atoms with Gasteiger partial charge in [-0.1, -0.05) is 60.7 Å². The molecule has 1 aliphatic rings. The first-order valence-electron chi connectivity index (χ1n) is 12.0. The number of carbonyl (C=O) groups is 3. The molecule has 0 radical (unpaired) electrons. The molecule has 2 amide bonds. The highest BCUT2D eigenvalue weighted by atomic mass is 35.5. The predicted molar refractivity (Wildman–Crippen MR) is 139 cm³/mol. The van der Waals surface area contributed by atoms with Crippen molar-refractivity contribution in [3.63, 3.8) is 0 Å². The molecule has 3 rings (SSSR count). The summed E-state index contributed by atoms with van der Waals surface area (Å²) in [7, 11) is 0. The highest BCUT2D eigenvalue weighted by Gasteiger charge is 2.41. The van der Waals surface area contributed by atoms with E-state index in [1.807, 2.05) is 0 Å². The number of amides is 2. The molecular weight excluding hydrogens is 501 g/mol. The van der Waals surface area contributed by atoms with Crippen LogP contribution in [-0.4, -0.2) is 28.9 Å². The highest BCUT2D eigenvalue weighted by molar-refractivity contribution is 6.40. The second kappa shape index (κ2) is 12.8. The van der Waals surface area contributed by atoms with Crippen LogP contribution in [0.3, 0.4) is 0 Å². The number of rotatable bonds is 11. The Balaban J connectivity index is 1.63. The maximum Gasteiger partial charge on any atom is 0.326 e. The van der Waals surface area contributed by atoms with Gasteiger partial charge in [0.05, 0.1) is 21.7 Å². The Morgan fingerprint density at radius 2 is 1.67 bits per heavy atom. The third-order valence-electron chi connectivity index (χ3n) is 6.68. The van der Waals surface area contributed by atoms with Gasteiger partial charge in [0.1, 0.15) is 6.04 Å². The fraction of sp³-hybridized carbons (Fsp3) is 0.407. The van der Waals surface area contributed by atoms with Gasteiger partial charge in [-0.25, -0.2) is 4.79 Å². The van der Waals surface area contributed by atoms with Crippen LogP contribution in [0.4, 0.5) is 5.69 Å². The maximum atomic E-state index is 13.2. The first-order valence-corrected chi connectivity index (χ1v) is 12.8. The van der Waals surface area contributed by atoms with Crippen LogP contribution in [0.15, 0.2) is 42.5 Å². The zero-order valence-corrected chi connectivity index (χ0v) is 21.4. The second-order valence-corrected chi connectivity index (χ2v) is 9.98. The van der Waals surface area contributed by atoms with Crippen LogP contribution >= 0.6 is 23.2 Å². The number of nitrogens with zero attached hydrogens (tertiary/aromatic N) is 1. The van der Waals surface area contributed by atoms with Gasteiger partial charge < -0.3 is 15.7 Å². The van der Waals surface area contributed by atoms with Crippen LogP contribution in [0, 0.1) is 16.7 Å². The summed E-state index contributed by atoms with van der Waals surface area (Å²) >= 11 is 12.2. The molecule has 0 heterocycles. The maximum absolute atomic E-state index is 13.2. The fourth-order valence-electron chi connectivity index (χ4n) is 4.69. The lowest BCUT2D eigenvalue weighted by Gasteiger charge is -2.29. The lowest BCUT2D eigenvalue weighted by molar-refractivity contribution is -0.144. The van der Waals surface area contributed by atoms with Crippen LogP contribution in [0.2, 0.25) is 10.0 Å². The predicted octanol–water partition coefficient (Wildman–Crippen LogP) is 6.00. The first kappa shape index (κ1) is 27.5. The number of aliphatic carboxylic acids is 1. The van der Waals surface area contributed by atoms with E-state index in [0.29, 0.717) is 24.1 Å². The Morgan fingerprint density at radius 1 is 1.03 bits per heavy atom. The van der Waals surface area contributed by atoms with Crippen LogP contribution in [0.1, 0.15) is 67.3 Å². The van der Waals surface area contributed by atoms with Crippen LogP contribution < -0.4 is 10.6 Å². The zero-order chi connectivity index (χ0) is 26.1. The molecule has 0 aromatic heterocycles. The van der Waals surface area contributed by atoms with E-state index >= 15 is 0 Å². The van der Waals surface area contributed by atoms with Crippen molar-refractivity contribution in [1.29, 1.82) is 5.26 Å². The standard InChI is InChI=1S/C27H29Cl2N3O4/c28-20-7-6-8-21(29)23(20)24(33)31-19-11-9-18(10-12-19)17-22(25(34)35)32-26(36)27(14-3-4-15-27)13-2-1-5-16-30/h6-12,22H,1-5,13-15,17H2,(H,31,33)(H,32,36)(H,34,35). The van der Waals surface area contributed by atoms with Gasteiger partial charge in [0.2, 0.25) is 5.91 Å². The summed E-state index contributed by atoms with van der Waals surface area (Å²) < 4.78 is 0. The number of benzene rings is 2. The summed E-state index contributed by atoms with van der Waals surface area (Å²) in [5.74, 6) is -1.78. The quantitative estimate of drug-likeness (QED) is 0.308. The van der Waals surface area contributed by atoms with Crippen molar-refractivity contribution in [2.24, 2.45) is 5.41 Å². The fourth-order valence-corrected chi connectivity index (χ4v) is 5.26. The van der Waals surface area contributed by atoms with Crippen LogP contribution in [0.5, 0.6) is 0 Å². The topological polar surface area (TPSA) is 119 Å². The van der Waals surface area contributed by atoms with E-state index in [2.05, 4.69) is 16.7 Å². The van der Waals surface area contributed by atoms with Crippen LogP contribution in [-0.2, 0) is 16.0 Å². The average molecular weight is 530 g/mol. The molecule has 2 aromatic rings. The monoisotopic (exact) mass is 529 g/mol. The van der Waals surface area contributed by atoms with E-state index < -0.39 is 23.3 Å². The Hall–Kier alpha value is -3.08. The lowest BCUT2D eigenvalue weighted by atomic mass is 9.79. The van der Waals surface area contributed by atoms with Crippen molar-refractivity contribution < 1.29 is 19.5 Å². The van der Waals surface area contributed by atoms with Crippen molar-refractivity contribution in [2.75, 3.05) is 5.32 Å². The van der Waals surface area contributed by atoms with Crippen LogP contribution in [0.25, 0.3) is 0 Å². The molecular formula is C27H29Cl2N3O4. The van der Waals surface area contributed by atoms with Crippen molar-refractivity contribution in [2.45, 2.75) is 63.8 Å². The molecule has 1 fully saturated rings. The number of nitriles is 1. The highest BCUT2D eigenvalue weighted by Crippen LogP contribution is 2.42.